The van der Waals surface area contributed by atoms with Gasteiger partial charge in [0.25, 0.3) is 0 Å². The molecule has 0 fully saturated rings. The number of hydrogen-bond donors (Lipinski definition) is 2. The monoisotopic (exact) mass is 274 g/mol. The van der Waals surface area contributed by atoms with E-state index in [0.29, 0.717) is 11.3 Å². The maximum atomic E-state index is 13.5. The van der Waals surface area contributed by atoms with E-state index >= 15 is 0 Å². The third-order valence-corrected chi connectivity index (χ3v) is 3.53. The fraction of sp³-hybridized carbons (Fsp3) is 0.250. The average molecular weight is 274 g/mol. The van der Waals surface area contributed by atoms with Crippen molar-refractivity contribution < 1.29 is 9.13 Å². The third kappa shape index (κ3) is 2.81. The van der Waals surface area contributed by atoms with Gasteiger partial charge in [-0.1, -0.05) is 18.2 Å². The fourth-order valence-corrected chi connectivity index (χ4v) is 2.24. The molecule has 4 heteroatoms. The lowest BCUT2D eigenvalue weighted by atomic mass is 9.95. The van der Waals surface area contributed by atoms with Crippen LogP contribution in [0.4, 0.5) is 4.39 Å². The Bertz CT molecular complexity index is 613. The lowest BCUT2D eigenvalue weighted by Crippen LogP contribution is -2.29. The van der Waals surface area contributed by atoms with E-state index in [2.05, 4.69) is 5.43 Å². The van der Waals surface area contributed by atoms with Crippen LogP contribution < -0.4 is 16.0 Å². The smallest absolute Gasteiger partial charge is 0.124 e. The minimum absolute atomic E-state index is 0.315. The van der Waals surface area contributed by atoms with Crippen LogP contribution in [-0.2, 0) is 0 Å². The molecule has 0 saturated carbocycles. The van der Waals surface area contributed by atoms with Gasteiger partial charge in [-0.15, -0.1) is 0 Å². The number of nitrogens with two attached hydrogens (primary N) is 1. The topological polar surface area (TPSA) is 47.3 Å². The highest BCUT2D eigenvalue weighted by Gasteiger charge is 2.18. The Kier molecular flexibility index (Phi) is 4.37. The number of hydrazine groups is 1. The summed E-state index contributed by atoms with van der Waals surface area (Å²) in [5.41, 5.74) is 6.76. The first-order valence-corrected chi connectivity index (χ1v) is 6.43. The zero-order valence-corrected chi connectivity index (χ0v) is 11.9. The molecule has 2 rings (SSSR count). The Morgan fingerprint density at radius 1 is 1.10 bits per heavy atom. The summed E-state index contributed by atoms with van der Waals surface area (Å²) in [5.74, 6) is 5.96. The van der Waals surface area contributed by atoms with Crippen molar-refractivity contribution in [2.45, 2.75) is 19.9 Å². The second-order valence-corrected chi connectivity index (χ2v) is 4.83. The predicted molar refractivity (Wildman–Crippen MR) is 78.0 cm³/mol. The van der Waals surface area contributed by atoms with Crippen LogP contribution in [0.15, 0.2) is 36.4 Å². The van der Waals surface area contributed by atoms with E-state index in [9.17, 15) is 4.39 Å². The molecule has 0 aliphatic carbocycles. The minimum Gasteiger partial charge on any atom is -0.496 e. The second-order valence-electron chi connectivity index (χ2n) is 4.83. The van der Waals surface area contributed by atoms with Crippen molar-refractivity contribution in [3.63, 3.8) is 0 Å². The molecule has 0 spiro atoms. The van der Waals surface area contributed by atoms with E-state index in [4.69, 9.17) is 10.6 Å². The van der Waals surface area contributed by atoms with E-state index in [-0.39, 0.29) is 11.9 Å². The van der Waals surface area contributed by atoms with Gasteiger partial charge in [0, 0.05) is 5.56 Å². The van der Waals surface area contributed by atoms with Crippen molar-refractivity contribution >= 4 is 0 Å². The molecule has 0 aromatic heterocycles. The highest BCUT2D eigenvalue weighted by molar-refractivity contribution is 5.43. The largest absolute Gasteiger partial charge is 0.496 e. The average Bonchev–Trinajstić information content (AvgIpc) is 2.44. The van der Waals surface area contributed by atoms with Gasteiger partial charge in [-0.25, -0.2) is 9.82 Å². The Balaban J connectivity index is 2.51. The zero-order chi connectivity index (χ0) is 14.7. The van der Waals surface area contributed by atoms with Crippen molar-refractivity contribution in [3.05, 3.63) is 64.5 Å². The number of rotatable bonds is 4. The van der Waals surface area contributed by atoms with Crippen molar-refractivity contribution in [3.8, 4) is 5.75 Å². The summed E-state index contributed by atoms with van der Waals surface area (Å²) in [7, 11) is 1.56. The van der Waals surface area contributed by atoms with Crippen LogP contribution in [0.25, 0.3) is 0 Å². The van der Waals surface area contributed by atoms with Crippen LogP contribution in [0.2, 0.25) is 0 Å². The number of ether oxygens (including phenoxy) is 1. The van der Waals surface area contributed by atoms with Gasteiger partial charge in [0.1, 0.15) is 11.6 Å². The molecule has 0 amide bonds. The van der Waals surface area contributed by atoms with Crippen molar-refractivity contribution in [1.29, 1.82) is 0 Å². The maximum absolute atomic E-state index is 13.5. The van der Waals surface area contributed by atoms with Gasteiger partial charge in [0.05, 0.1) is 13.2 Å². The number of halogens is 1. The van der Waals surface area contributed by atoms with Crippen molar-refractivity contribution in [2.24, 2.45) is 5.84 Å². The molecule has 2 aromatic carbocycles. The summed E-state index contributed by atoms with van der Waals surface area (Å²) < 4.78 is 18.8. The summed E-state index contributed by atoms with van der Waals surface area (Å²) in [6.45, 7) is 4.09. The summed E-state index contributed by atoms with van der Waals surface area (Å²) >= 11 is 0. The third-order valence-electron chi connectivity index (χ3n) is 3.53. The van der Waals surface area contributed by atoms with Crippen LogP contribution in [0.3, 0.4) is 0 Å². The summed E-state index contributed by atoms with van der Waals surface area (Å²) in [4.78, 5) is 0. The molecular weight excluding hydrogens is 255 g/mol. The first-order chi connectivity index (χ1) is 9.56. The van der Waals surface area contributed by atoms with Gasteiger partial charge in [-0.05, 0) is 48.7 Å². The molecule has 1 unspecified atom stereocenters. The Labute approximate surface area is 118 Å². The van der Waals surface area contributed by atoms with Crippen molar-refractivity contribution in [1.82, 2.24) is 5.43 Å². The molecule has 0 saturated heterocycles. The summed E-state index contributed by atoms with van der Waals surface area (Å²) in [5, 5.41) is 0. The molecule has 0 aliphatic rings. The van der Waals surface area contributed by atoms with Crippen molar-refractivity contribution in [2.75, 3.05) is 7.11 Å². The molecule has 3 nitrogen and oxygen atoms in total. The van der Waals surface area contributed by atoms with E-state index in [0.717, 1.165) is 11.1 Å². The van der Waals surface area contributed by atoms with Gasteiger partial charge in [0.2, 0.25) is 0 Å². The molecule has 0 radical (unpaired) electrons. The van der Waals surface area contributed by atoms with E-state index in [1.54, 1.807) is 13.2 Å². The van der Waals surface area contributed by atoms with Gasteiger partial charge in [0.15, 0.2) is 0 Å². The highest BCUT2D eigenvalue weighted by atomic mass is 19.1. The number of hydrogen-bond acceptors (Lipinski definition) is 3. The van der Waals surface area contributed by atoms with E-state index in [1.165, 1.54) is 17.7 Å². The molecule has 0 aliphatic heterocycles. The quantitative estimate of drug-likeness (QED) is 0.665. The lowest BCUT2D eigenvalue weighted by molar-refractivity contribution is 0.402. The molecule has 2 aromatic rings. The Morgan fingerprint density at radius 2 is 1.85 bits per heavy atom. The number of nitrogens with one attached hydrogen (secondary N) is 1. The molecule has 0 heterocycles. The highest BCUT2D eigenvalue weighted by Crippen LogP contribution is 2.31. The zero-order valence-electron chi connectivity index (χ0n) is 11.9. The van der Waals surface area contributed by atoms with Crippen LogP contribution in [0, 0.1) is 19.7 Å². The Morgan fingerprint density at radius 3 is 2.45 bits per heavy atom. The molecule has 0 bridgehead atoms. The van der Waals surface area contributed by atoms with Gasteiger partial charge in [-0.3, -0.25) is 5.84 Å². The molecule has 3 N–H and O–H groups in total. The second kappa shape index (κ2) is 6.03. The first-order valence-electron chi connectivity index (χ1n) is 6.43. The molecule has 1 atom stereocenters. The fourth-order valence-electron chi connectivity index (χ4n) is 2.24. The summed E-state index contributed by atoms with van der Waals surface area (Å²) in [6.07, 6.45) is 0. The Hall–Kier alpha value is -1.91. The minimum atomic E-state index is -0.319. The predicted octanol–water partition coefficient (Wildman–Crippen LogP) is 3.00. The number of aryl methyl sites for hydroxylation is 2. The van der Waals surface area contributed by atoms with Gasteiger partial charge in [-0.2, -0.15) is 0 Å². The van der Waals surface area contributed by atoms with Crippen LogP contribution in [0.1, 0.15) is 28.3 Å². The van der Waals surface area contributed by atoms with Crippen LogP contribution in [0.5, 0.6) is 5.75 Å². The standard InChI is InChI=1S/C16H19FN2O/c1-10-4-5-12(8-11(10)2)16(19-18)14-9-13(17)6-7-15(14)20-3/h4-9,16,19H,18H2,1-3H3. The number of benzene rings is 2. The molecule has 106 valence electrons. The normalized spacial score (nSPS) is 12.2. The van der Waals surface area contributed by atoms with E-state index < -0.39 is 0 Å². The maximum Gasteiger partial charge on any atom is 0.124 e. The molecular formula is C16H19FN2O. The molecule has 20 heavy (non-hydrogen) atoms. The van der Waals surface area contributed by atoms with Crippen LogP contribution in [-0.4, -0.2) is 7.11 Å². The summed E-state index contributed by atoms with van der Waals surface area (Å²) in [6, 6.07) is 10.2. The SMILES string of the molecule is COc1ccc(F)cc1C(NN)c1ccc(C)c(C)c1. The van der Waals surface area contributed by atoms with E-state index in [1.807, 2.05) is 32.0 Å². The van der Waals surface area contributed by atoms with Crippen LogP contribution >= 0.6 is 0 Å². The van der Waals surface area contributed by atoms with Gasteiger partial charge < -0.3 is 4.74 Å². The number of methoxy groups -OCH3 is 1. The van der Waals surface area contributed by atoms with Gasteiger partial charge >= 0.3 is 0 Å². The lowest BCUT2D eigenvalue weighted by Gasteiger charge is -2.20. The first kappa shape index (κ1) is 14.5.